The zero-order valence-electron chi connectivity index (χ0n) is 25.5. The Balaban J connectivity index is 3.53. The van der Waals surface area contributed by atoms with E-state index in [1.54, 1.807) is 0 Å². The summed E-state index contributed by atoms with van der Waals surface area (Å²) in [4.78, 5) is 23.6. The molecule has 38 heavy (non-hydrogen) atoms. The number of nitrogens with one attached hydrogen (secondary N) is 1. The molecule has 2 N–H and O–H groups in total. The normalized spacial score (nSPS) is 12.1. The quantitative estimate of drug-likeness (QED) is 0.0677. The van der Waals surface area contributed by atoms with E-state index in [0.717, 1.165) is 25.7 Å². The van der Waals surface area contributed by atoms with E-state index in [1.807, 2.05) is 0 Å². The molecule has 0 heterocycles. The van der Waals surface area contributed by atoms with E-state index in [4.69, 9.17) is 4.74 Å². The average Bonchev–Trinajstić information content (AvgIpc) is 2.90. The van der Waals surface area contributed by atoms with E-state index < -0.39 is 18.0 Å². The summed E-state index contributed by atoms with van der Waals surface area (Å²) in [6, 6.07) is -0.846. The van der Waals surface area contributed by atoms with Crippen molar-refractivity contribution in [1.82, 2.24) is 5.32 Å². The van der Waals surface area contributed by atoms with Gasteiger partial charge in [-0.1, -0.05) is 162 Å². The van der Waals surface area contributed by atoms with Gasteiger partial charge in [-0.05, 0) is 19.4 Å². The Morgan fingerprint density at radius 3 is 1.26 bits per heavy atom. The average molecular weight is 540 g/mol. The maximum absolute atomic E-state index is 12.1. The highest BCUT2D eigenvalue weighted by Crippen LogP contribution is 2.14. The number of carboxylic acids is 1. The molecule has 0 aromatic heterocycles. The first-order valence-electron chi connectivity index (χ1n) is 16.7. The van der Waals surface area contributed by atoms with Gasteiger partial charge in [-0.3, -0.25) is 9.59 Å². The van der Waals surface area contributed by atoms with Crippen LogP contribution in [0.3, 0.4) is 0 Å². The van der Waals surface area contributed by atoms with E-state index in [9.17, 15) is 14.7 Å². The maximum Gasteiger partial charge on any atom is 0.321 e. The summed E-state index contributed by atoms with van der Waals surface area (Å²) in [5, 5.41) is 12.5. The fourth-order valence-electron chi connectivity index (χ4n) is 5.02. The molecule has 1 atom stereocenters. The highest BCUT2D eigenvalue weighted by molar-refractivity contribution is 5.81. The number of rotatable bonds is 31. The topological polar surface area (TPSA) is 75.6 Å². The van der Waals surface area contributed by atoms with Crippen LogP contribution in [0.25, 0.3) is 0 Å². The van der Waals surface area contributed by atoms with Gasteiger partial charge in [0.2, 0.25) is 0 Å². The third-order valence-corrected chi connectivity index (χ3v) is 7.60. The molecule has 0 rings (SSSR count). The number of carboxylic acid groups (broad SMARTS) is 1. The van der Waals surface area contributed by atoms with Gasteiger partial charge >= 0.3 is 11.9 Å². The first-order valence-corrected chi connectivity index (χ1v) is 16.7. The van der Waals surface area contributed by atoms with Crippen molar-refractivity contribution in [2.45, 2.75) is 187 Å². The standard InChI is InChI=1S/C33H65NO4/c1-3-5-7-9-11-13-15-16-17-18-19-20-22-24-26-28-34-31(33(36)37)30-32(35)38-29-27-25-23-21-14-12-10-8-6-4-2/h31,34H,3-30H2,1-2H3,(H,36,37). The number of hydrogen-bond donors (Lipinski definition) is 2. The van der Waals surface area contributed by atoms with Crippen LogP contribution in [0.2, 0.25) is 0 Å². The van der Waals surface area contributed by atoms with Crippen LogP contribution in [0.15, 0.2) is 0 Å². The third-order valence-electron chi connectivity index (χ3n) is 7.60. The van der Waals surface area contributed by atoms with Gasteiger partial charge in [-0.2, -0.15) is 0 Å². The van der Waals surface area contributed by atoms with Crippen molar-refractivity contribution < 1.29 is 19.4 Å². The Morgan fingerprint density at radius 2 is 0.895 bits per heavy atom. The van der Waals surface area contributed by atoms with Crippen LogP contribution < -0.4 is 5.32 Å². The predicted octanol–water partition coefficient (Wildman–Crippen LogP) is 9.75. The van der Waals surface area contributed by atoms with Gasteiger partial charge in [-0.25, -0.2) is 0 Å². The van der Waals surface area contributed by atoms with Gasteiger partial charge in [0.15, 0.2) is 0 Å². The molecule has 0 spiro atoms. The second-order valence-electron chi connectivity index (χ2n) is 11.4. The second kappa shape index (κ2) is 30.4. The molecule has 0 aromatic carbocycles. The minimum Gasteiger partial charge on any atom is -0.480 e. The van der Waals surface area contributed by atoms with Crippen LogP contribution in [-0.2, 0) is 14.3 Å². The summed E-state index contributed by atoms with van der Waals surface area (Å²) in [5.74, 6) is -1.38. The summed E-state index contributed by atoms with van der Waals surface area (Å²) in [6.07, 6.45) is 32.0. The van der Waals surface area contributed by atoms with Gasteiger partial charge in [0, 0.05) is 0 Å². The fraction of sp³-hybridized carbons (Fsp3) is 0.939. The summed E-state index contributed by atoms with van der Waals surface area (Å²) in [6.45, 7) is 5.56. The molecule has 5 nitrogen and oxygen atoms in total. The lowest BCUT2D eigenvalue weighted by molar-refractivity contribution is -0.149. The van der Waals surface area contributed by atoms with Crippen molar-refractivity contribution in [2.75, 3.05) is 13.2 Å². The van der Waals surface area contributed by atoms with Crippen LogP contribution in [0.5, 0.6) is 0 Å². The molecular weight excluding hydrogens is 474 g/mol. The fourth-order valence-corrected chi connectivity index (χ4v) is 5.02. The summed E-state index contributed by atoms with van der Waals surface area (Å²) < 4.78 is 5.29. The van der Waals surface area contributed by atoms with E-state index in [-0.39, 0.29) is 6.42 Å². The Hall–Kier alpha value is -1.10. The van der Waals surface area contributed by atoms with Crippen molar-refractivity contribution >= 4 is 11.9 Å². The van der Waals surface area contributed by atoms with Gasteiger partial charge in [0.05, 0.1) is 13.0 Å². The minimum atomic E-state index is -0.971. The molecule has 0 aromatic rings. The highest BCUT2D eigenvalue weighted by Gasteiger charge is 2.21. The van der Waals surface area contributed by atoms with Crippen molar-refractivity contribution in [2.24, 2.45) is 0 Å². The predicted molar refractivity (Wildman–Crippen MR) is 162 cm³/mol. The van der Waals surface area contributed by atoms with Crippen LogP contribution >= 0.6 is 0 Å². The number of aliphatic carboxylic acids is 1. The Morgan fingerprint density at radius 1 is 0.553 bits per heavy atom. The lowest BCUT2D eigenvalue weighted by Gasteiger charge is -2.14. The molecule has 1 unspecified atom stereocenters. The van der Waals surface area contributed by atoms with Crippen molar-refractivity contribution in [1.29, 1.82) is 0 Å². The number of carbonyl (C=O) groups excluding carboxylic acids is 1. The maximum atomic E-state index is 12.1. The molecule has 0 aliphatic carbocycles. The van der Waals surface area contributed by atoms with Gasteiger partial charge < -0.3 is 15.2 Å². The lowest BCUT2D eigenvalue weighted by atomic mass is 10.0. The van der Waals surface area contributed by atoms with Crippen LogP contribution in [0.1, 0.15) is 181 Å². The highest BCUT2D eigenvalue weighted by atomic mass is 16.5. The van der Waals surface area contributed by atoms with Crippen LogP contribution in [0.4, 0.5) is 0 Å². The summed E-state index contributed by atoms with van der Waals surface area (Å²) in [5.41, 5.74) is 0. The first kappa shape index (κ1) is 36.9. The Bertz CT molecular complexity index is 511. The smallest absolute Gasteiger partial charge is 0.321 e. The zero-order valence-corrected chi connectivity index (χ0v) is 25.5. The van der Waals surface area contributed by atoms with Crippen molar-refractivity contribution in [3.05, 3.63) is 0 Å². The molecule has 5 heteroatoms. The number of carbonyl (C=O) groups is 2. The Kier molecular flexibility index (Phi) is 29.6. The molecule has 0 bridgehead atoms. The van der Waals surface area contributed by atoms with Gasteiger partial charge in [-0.15, -0.1) is 0 Å². The minimum absolute atomic E-state index is 0.0914. The summed E-state index contributed by atoms with van der Waals surface area (Å²) >= 11 is 0. The van der Waals surface area contributed by atoms with Crippen LogP contribution in [0, 0.1) is 0 Å². The van der Waals surface area contributed by atoms with E-state index >= 15 is 0 Å². The Labute approximate surface area is 236 Å². The monoisotopic (exact) mass is 539 g/mol. The molecule has 0 radical (unpaired) electrons. The lowest BCUT2D eigenvalue weighted by Crippen LogP contribution is -2.39. The second-order valence-corrected chi connectivity index (χ2v) is 11.4. The molecule has 0 aliphatic heterocycles. The van der Waals surface area contributed by atoms with Crippen molar-refractivity contribution in [3.63, 3.8) is 0 Å². The van der Waals surface area contributed by atoms with E-state index in [1.165, 1.54) is 135 Å². The summed E-state index contributed by atoms with van der Waals surface area (Å²) in [7, 11) is 0. The zero-order chi connectivity index (χ0) is 27.9. The third kappa shape index (κ3) is 27.9. The molecule has 0 saturated heterocycles. The SMILES string of the molecule is CCCCCCCCCCCCCCCCCNC(CC(=O)OCCCCCCCCCCCC)C(=O)O. The number of unbranched alkanes of at least 4 members (excludes halogenated alkanes) is 23. The van der Waals surface area contributed by atoms with E-state index in [2.05, 4.69) is 19.2 Å². The number of ether oxygens (including phenoxy) is 1. The number of esters is 1. The molecule has 0 saturated carbocycles. The van der Waals surface area contributed by atoms with Crippen molar-refractivity contribution in [3.8, 4) is 0 Å². The van der Waals surface area contributed by atoms with E-state index in [0.29, 0.717) is 13.2 Å². The molecule has 226 valence electrons. The van der Waals surface area contributed by atoms with Gasteiger partial charge in [0.1, 0.15) is 6.04 Å². The van der Waals surface area contributed by atoms with Gasteiger partial charge in [0.25, 0.3) is 0 Å². The molecular formula is C33H65NO4. The first-order chi connectivity index (χ1) is 18.6. The number of hydrogen-bond acceptors (Lipinski definition) is 4. The van der Waals surface area contributed by atoms with Crippen LogP contribution in [-0.4, -0.2) is 36.2 Å². The molecule has 0 amide bonds. The largest absolute Gasteiger partial charge is 0.480 e. The molecule has 0 aliphatic rings. The molecule has 0 fully saturated rings.